The maximum Gasteiger partial charge on any atom is 0.211 e. The molecule has 0 radical (unpaired) electrons. The molecule has 4 heterocycles. The van der Waals surface area contributed by atoms with E-state index in [0.717, 1.165) is 42.8 Å². The summed E-state index contributed by atoms with van der Waals surface area (Å²) in [7, 11) is 0. The summed E-state index contributed by atoms with van der Waals surface area (Å²) in [5.41, 5.74) is 12.3. The molecule has 36 heavy (non-hydrogen) atoms. The van der Waals surface area contributed by atoms with Gasteiger partial charge in [0.05, 0.1) is 27.0 Å². The van der Waals surface area contributed by atoms with E-state index in [4.69, 9.17) is 15.7 Å². The Labute approximate surface area is 213 Å². The SMILES string of the molecule is Nc1[nH]c2c(sc3nc(-c4ccccc4)cc(-c4ccccc4)c32)c(=O)c1-c1nc2ccccc2s1. The van der Waals surface area contributed by atoms with E-state index in [1.807, 2.05) is 72.8 Å². The summed E-state index contributed by atoms with van der Waals surface area (Å²) >= 11 is 2.87. The van der Waals surface area contributed by atoms with Crippen molar-refractivity contribution >= 4 is 59.1 Å². The monoisotopic (exact) mass is 502 g/mol. The van der Waals surface area contributed by atoms with Crippen LogP contribution < -0.4 is 11.2 Å². The van der Waals surface area contributed by atoms with E-state index in [2.05, 4.69) is 23.2 Å². The van der Waals surface area contributed by atoms with Crippen molar-refractivity contribution in [2.75, 3.05) is 5.73 Å². The molecular formula is C29H18N4OS2. The molecule has 0 unspecified atom stereocenters. The first kappa shape index (κ1) is 21.0. The first-order valence-corrected chi connectivity index (χ1v) is 13.1. The molecule has 172 valence electrons. The fraction of sp³-hybridized carbons (Fsp3) is 0. The normalized spacial score (nSPS) is 11.6. The van der Waals surface area contributed by atoms with Gasteiger partial charge in [-0.05, 0) is 29.3 Å². The Kier molecular flexibility index (Phi) is 4.73. The Morgan fingerprint density at radius 2 is 1.47 bits per heavy atom. The second kappa shape index (κ2) is 8.12. The molecule has 7 rings (SSSR count). The number of thiazole rings is 1. The molecule has 7 heteroatoms. The maximum absolute atomic E-state index is 13.8. The Bertz CT molecular complexity index is 1940. The van der Waals surface area contributed by atoms with Gasteiger partial charge in [-0.15, -0.1) is 22.7 Å². The molecule has 5 nitrogen and oxygen atoms in total. The smallest absolute Gasteiger partial charge is 0.211 e. The summed E-state index contributed by atoms with van der Waals surface area (Å²) in [5.74, 6) is 0.317. The van der Waals surface area contributed by atoms with Crippen LogP contribution in [0.15, 0.2) is 95.8 Å². The number of thiophene rings is 1. The van der Waals surface area contributed by atoms with Gasteiger partial charge in [0.1, 0.15) is 20.4 Å². The van der Waals surface area contributed by atoms with Crippen LogP contribution in [0.25, 0.3) is 63.6 Å². The van der Waals surface area contributed by atoms with Crippen molar-refractivity contribution in [3.63, 3.8) is 0 Å². The first-order valence-electron chi connectivity index (χ1n) is 11.4. The maximum atomic E-state index is 13.8. The van der Waals surface area contributed by atoms with Crippen LogP contribution in [-0.2, 0) is 0 Å². The highest BCUT2D eigenvalue weighted by atomic mass is 32.1. The quantitative estimate of drug-likeness (QED) is 0.265. The van der Waals surface area contributed by atoms with Gasteiger partial charge in [0, 0.05) is 10.9 Å². The number of nitrogen functional groups attached to an aromatic ring is 1. The minimum atomic E-state index is -0.122. The number of aromatic amines is 1. The molecule has 0 atom stereocenters. The number of rotatable bonds is 3. The second-order valence-corrected chi connectivity index (χ2v) is 10.5. The zero-order valence-electron chi connectivity index (χ0n) is 18.9. The zero-order chi connectivity index (χ0) is 24.2. The van der Waals surface area contributed by atoms with Gasteiger partial charge in [0.25, 0.3) is 0 Å². The van der Waals surface area contributed by atoms with Crippen molar-refractivity contribution in [1.29, 1.82) is 0 Å². The first-order chi connectivity index (χ1) is 17.7. The summed E-state index contributed by atoms with van der Waals surface area (Å²) in [6.07, 6.45) is 0. The van der Waals surface area contributed by atoms with Gasteiger partial charge in [-0.1, -0.05) is 72.8 Å². The largest absolute Gasteiger partial charge is 0.385 e. The second-order valence-electron chi connectivity index (χ2n) is 8.50. The Morgan fingerprint density at radius 3 is 2.22 bits per heavy atom. The van der Waals surface area contributed by atoms with Crippen LogP contribution in [0.2, 0.25) is 0 Å². The minimum Gasteiger partial charge on any atom is -0.385 e. The third-order valence-electron chi connectivity index (χ3n) is 6.29. The van der Waals surface area contributed by atoms with Crippen LogP contribution in [0.4, 0.5) is 5.82 Å². The molecule has 3 N–H and O–H groups in total. The van der Waals surface area contributed by atoms with Crippen molar-refractivity contribution in [2.24, 2.45) is 0 Å². The Balaban J connectivity index is 1.55. The van der Waals surface area contributed by atoms with E-state index >= 15 is 0 Å². The Hall–Kier alpha value is -4.33. The van der Waals surface area contributed by atoms with E-state index in [9.17, 15) is 4.79 Å². The molecule has 0 aliphatic rings. The summed E-state index contributed by atoms with van der Waals surface area (Å²) in [4.78, 5) is 27.7. The van der Waals surface area contributed by atoms with Crippen molar-refractivity contribution < 1.29 is 0 Å². The van der Waals surface area contributed by atoms with Crippen LogP contribution >= 0.6 is 22.7 Å². The van der Waals surface area contributed by atoms with Gasteiger partial charge in [-0.3, -0.25) is 4.79 Å². The van der Waals surface area contributed by atoms with Crippen LogP contribution in [0.3, 0.4) is 0 Å². The van der Waals surface area contributed by atoms with E-state index in [1.165, 1.54) is 22.7 Å². The van der Waals surface area contributed by atoms with E-state index < -0.39 is 0 Å². The van der Waals surface area contributed by atoms with Gasteiger partial charge in [-0.25, -0.2) is 9.97 Å². The highest BCUT2D eigenvalue weighted by molar-refractivity contribution is 7.25. The lowest BCUT2D eigenvalue weighted by molar-refractivity contribution is 1.38. The van der Waals surface area contributed by atoms with Crippen LogP contribution in [0.1, 0.15) is 0 Å². The highest BCUT2D eigenvalue weighted by Gasteiger charge is 2.22. The molecule has 0 bridgehead atoms. The molecular weight excluding hydrogens is 484 g/mol. The number of hydrogen-bond acceptors (Lipinski definition) is 6. The number of hydrogen-bond donors (Lipinski definition) is 2. The van der Waals surface area contributed by atoms with Gasteiger partial charge < -0.3 is 10.7 Å². The number of fused-ring (bicyclic) bond motifs is 4. The van der Waals surface area contributed by atoms with Gasteiger partial charge in [-0.2, -0.15) is 0 Å². The average Bonchev–Trinajstić information content (AvgIpc) is 3.51. The number of nitrogens with zero attached hydrogens (tertiary/aromatic N) is 2. The summed E-state index contributed by atoms with van der Waals surface area (Å²) in [6, 6.07) is 30.2. The summed E-state index contributed by atoms with van der Waals surface area (Å²) in [5, 5.41) is 1.52. The molecule has 7 aromatic rings. The predicted molar refractivity (Wildman–Crippen MR) is 152 cm³/mol. The van der Waals surface area contributed by atoms with E-state index in [-0.39, 0.29) is 5.43 Å². The van der Waals surface area contributed by atoms with Crippen molar-refractivity contribution in [3.05, 3.63) is 101 Å². The molecule has 0 aliphatic carbocycles. The van der Waals surface area contributed by atoms with Gasteiger partial charge in [0.15, 0.2) is 0 Å². The third kappa shape index (κ3) is 3.25. The number of para-hydroxylation sites is 1. The lowest BCUT2D eigenvalue weighted by atomic mass is 10.00. The van der Waals surface area contributed by atoms with Crippen molar-refractivity contribution in [2.45, 2.75) is 0 Å². The number of H-pyrrole nitrogens is 1. The zero-order valence-corrected chi connectivity index (χ0v) is 20.5. The highest BCUT2D eigenvalue weighted by Crippen LogP contribution is 2.41. The number of aromatic nitrogens is 3. The number of pyridine rings is 2. The van der Waals surface area contributed by atoms with Crippen LogP contribution in [-0.4, -0.2) is 15.0 Å². The van der Waals surface area contributed by atoms with E-state index in [1.54, 1.807) is 0 Å². The number of nitrogens with one attached hydrogen (secondary N) is 1. The molecule has 0 saturated carbocycles. The molecule has 0 amide bonds. The average molecular weight is 503 g/mol. The number of anilines is 1. The van der Waals surface area contributed by atoms with Crippen molar-refractivity contribution in [1.82, 2.24) is 15.0 Å². The Morgan fingerprint density at radius 1 is 0.778 bits per heavy atom. The lowest BCUT2D eigenvalue weighted by Gasteiger charge is -2.09. The topological polar surface area (TPSA) is 84.7 Å². The van der Waals surface area contributed by atoms with Crippen molar-refractivity contribution in [3.8, 4) is 33.0 Å². The molecule has 4 aromatic heterocycles. The standard InChI is InChI=1S/C29H18N4OS2/c30-27-23(29-31-19-13-7-8-14-21(19)35-29)25(34)26-24(33-27)22-18(16-9-3-1-4-10-16)15-20(32-28(22)36-26)17-11-5-2-6-12-17/h1-15H,(H3,30,33,34). The van der Waals surface area contributed by atoms with Gasteiger partial charge in [0.2, 0.25) is 5.43 Å². The minimum absolute atomic E-state index is 0.122. The fourth-order valence-corrected chi connectivity index (χ4v) is 6.73. The summed E-state index contributed by atoms with van der Waals surface area (Å²) in [6.45, 7) is 0. The van der Waals surface area contributed by atoms with Gasteiger partial charge >= 0.3 is 0 Å². The number of nitrogens with two attached hydrogens (primary N) is 1. The van der Waals surface area contributed by atoms with Crippen LogP contribution in [0, 0.1) is 0 Å². The summed E-state index contributed by atoms with van der Waals surface area (Å²) < 4.78 is 1.62. The lowest BCUT2D eigenvalue weighted by Crippen LogP contribution is -2.09. The third-order valence-corrected chi connectivity index (χ3v) is 8.42. The molecule has 0 fully saturated rings. The fourth-order valence-electron chi connectivity index (χ4n) is 4.60. The molecule has 0 saturated heterocycles. The molecule has 0 aliphatic heterocycles. The molecule has 3 aromatic carbocycles. The molecule has 0 spiro atoms. The number of benzene rings is 3. The van der Waals surface area contributed by atoms with E-state index in [0.29, 0.717) is 26.6 Å². The van der Waals surface area contributed by atoms with Crippen LogP contribution in [0.5, 0.6) is 0 Å². The predicted octanol–water partition coefficient (Wildman–Crippen LogP) is 7.33.